The fourth-order valence-corrected chi connectivity index (χ4v) is 3.93. The highest BCUT2D eigenvalue weighted by Gasteiger charge is 2.24. The van der Waals surface area contributed by atoms with Gasteiger partial charge in [-0.1, -0.05) is 6.92 Å². The average molecular weight is 306 g/mol. The molecular weight excluding hydrogens is 288 g/mol. The third kappa shape index (κ3) is 2.37. The Labute approximate surface area is 126 Å². The minimum Gasteiger partial charge on any atom is -0.464 e. The van der Waals surface area contributed by atoms with Crippen molar-refractivity contribution in [2.75, 3.05) is 6.61 Å². The van der Waals surface area contributed by atoms with E-state index in [4.69, 9.17) is 4.74 Å². The highest BCUT2D eigenvalue weighted by atomic mass is 32.1. The number of aromatic nitrogens is 2. The number of hydrogen-bond acceptors (Lipinski definition) is 5. The summed E-state index contributed by atoms with van der Waals surface area (Å²) < 4.78 is 6.52. The summed E-state index contributed by atoms with van der Waals surface area (Å²) in [7, 11) is 0. The standard InChI is InChI=1S/C15H18N2O3S/c1-3-7-20-15(19)9(2)17-8-16-13-12(14(17)18)10-5-4-6-11(10)21-13/h8-9H,3-7H2,1-2H3/t9-/m0/s1. The molecule has 112 valence electrons. The van der Waals surface area contributed by atoms with Crippen LogP contribution in [-0.4, -0.2) is 22.1 Å². The number of esters is 1. The van der Waals surface area contributed by atoms with Crippen molar-refractivity contribution < 1.29 is 9.53 Å². The first-order chi connectivity index (χ1) is 10.1. The molecule has 3 rings (SSSR count). The molecule has 5 nitrogen and oxygen atoms in total. The van der Waals surface area contributed by atoms with Gasteiger partial charge in [-0.15, -0.1) is 11.3 Å². The van der Waals surface area contributed by atoms with Crippen molar-refractivity contribution in [3.63, 3.8) is 0 Å². The number of hydrogen-bond donors (Lipinski definition) is 0. The Morgan fingerprint density at radius 3 is 3.10 bits per heavy atom. The number of carbonyl (C=O) groups excluding carboxylic acids is 1. The SMILES string of the molecule is CCCOC(=O)[C@H](C)n1cnc2sc3c(c2c1=O)CCC3. The van der Waals surface area contributed by atoms with Gasteiger partial charge < -0.3 is 4.74 Å². The molecular formula is C15H18N2O3S. The predicted octanol–water partition coefficient (Wildman–Crippen LogP) is 2.46. The lowest BCUT2D eigenvalue weighted by atomic mass is 10.2. The molecule has 0 aliphatic heterocycles. The molecule has 0 unspecified atom stereocenters. The van der Waals surface area contributed by atoms with Crippen molar-refractivity contribution in [1.29, 1.82) is 0 Å². The van der Waals surface area contributed by atoms with Crippen LogP contribution in [0, 0.1) is 0 Å². The maximum absolute atomic E-state index is 12.7. The molecule has 0 amide bonds. The molecule has 0 radical (unpaired) electrons. The predicted molar refractivity (Wildman–Crippen MR) is 81.9 cm³/mol. The molecule has 0 aromatic carbocycles. The number of ether oxygens (including phenoxy) is 1. The molecule has 0 saturated heterocycles. The Bertz CT molecular complexity index is 747. The highest BCUT2D eigenvalue weighted by molar-refractivity contribution is 7.18. The first-order valence-corrected chi connectivity index (χ1v) is 8.13. The summed E-state index contributed by atoms with van der Waals surface area (Å²) in [5.74, 6) is -0.382. The number of nitrogens with zero attached hydrogens (tertiary/aromatic N) is 2. The van der Waals surface area contributed by atoms with Gasteiger partial charge in [0, 0.05) is 4.88 Å². The van der Waals surface area contributed by atoms with Gasteiger partial charge in [-0.05, 0) is 38.2 Å². The van der Waals surface area contributed by atoms with Crippen LogP contribution in [0.15, 0.2) is 11.1 Å². The maximum atomic E-state index is 12.7. The van der Waals surface area contributed by atoms with Crippen LogP contribution in [0.1, 0.15) is 43.2 Å². The summed E-state index contributed by atoms with van der Waals surface area (Å²) in [6, 6.07) is -0.641. The van der Waals surface area contributed by atoms with Gasteiger partial charge in [-0.3, -0.25) is 9.36 Å². The Morgan fingerprint density at radius 1 is 1.52 bits per heavy atom. The van der Waals surface area contributed by atoms with Crippen molar-refractivity contribution >= 4 is 27.5 Å². The van der Waals surface area contributed by atoms with Crippen molar-refractivity contribution in [1.82, 2.24) is 9.55 Å². The number of thiophene rings is 1. The number of aryl methyl sites for hydroxylation is 2. The lowest BCUT2D eigenvalue weighted by molar-refractivity contribution is -0.147. The topological polar surface area (TPSA) is 61.2 Å². The van der Waals surface area contributed by atoms with E-state index in [1.807, 2.05) is 6.92 Å². The van der Waals surface area contributed by atoms with Gasteiger partial charge in [0.1, 0.15) is 10.9 Å². The van der Waals surface area contributed by atoms with Crippen LogP contribution in [-0.2, 0) is 22.4 Å². The van der Waals surface area contributed by atoms with Gasteiger partial charge in [-0.2, -0.15) is 0 Å². The van der Waals surface area contributed by atoms with Crippen LogP contribution < -0.4 is 5.56 Å². The molecule has 0 fully saturated rings. The fraction of sp³-hybridized carbons (Fsp3) is 0.533. The Kier molecular flexibility index (Phi) is 3.80. The van der Waals surface area contributed by atoms with Gasteiger partial charge in [0.25, 0.3) is 5.56 Å². The van der Waals surface area contributed by atoms with E-state index in [0.717, 1.165) is 36.1 Å². The second-order valence-electron chi connectivity index (χ2n) is 5.34. The molecule has 1 atom stereocenters. The molecule has 2 aromatic rings. The van der Waals surface area contributed by atoms with Gasteiger partial charge in [0.2, 0.25) is 0 Å². The molecule has 6 heteroatoms. The Balaban J connectivity index is 2.02. The first kappa shape index (κ1) is 14.3. The molecule has 0 spiro atoms. The minimum absolute atomic E-state index is 0.125. The third-order valence-electron chi connectivity index (χ3n) is 3.86. The third-order valence-corrected chi connectivity index (χ3v) is 5.06. The summed E-state index contributed by atoms with van der Waals surface area (Å²) in [6.45, 7) is 3.99. The molecule has 2 heterocycles. The summed E-state index contributed by atoms with van der Waals surface area (Å²) >= 11 is 1.60. The van der Waals surface area contributed by atoms with Crippen molar-refractivity contribution in [3.05, 3.63) is 27.1 Å². The summed E-state index contributed by atoms with van der Waals surface area (Å²) in [5.41, 5.74) is 1.01. The minimum atomic E-state index is -0.641. The smallest absolute Gasteiger partial charge is 0.328 e. The van der Waals surface area contributed by atoms with Crippen LogP contribution in [0.2, 0.25) is 0 Å². The van der Waals surface area contributed by atoms with Gasteiger partial charge in [0.15, 0.2) is 0 Å². The zero-order valence-corrected chi connectivity index (χ0v) is 13.0. The van der Waals surface area contributed by atoms with Crippen LogP contribution in [0.5, 0.6) is 0 Å². The number of fused-ring (bicyclic) bond motifs is 3. The lowest BCUT2D eigenvalue weighted by Crippen LogP contribution is -2.29. The van der Waals surface area contributed by atoms with E-state index >= 15 is 0 Å². The lowest BCUT2D eigenvalue weighted by Gasteiger charge is -2.13. The highest BCUT2D eigenvalue weighted by Crippen LogP contribution is 2.34. The molecule has 2 aromatic heterocycles. The molecule has 1 aliphatic carbocycles. The summed E-state index contributed by atoms with van der Waals surface area (Å²) in [4.78, 5) is 31.1. The van der Waals surface area contributed by atoms with Crippen molar-refractivity contribution in [2.45, 2.75) is 45.6 Å². The van der Waals surface area contributed by atoms with E-state index in [-0.39, 0.29) is 11.5 Å². The van der Waals surface area contributed by atoms with E-state index in [2.05, 4.69) is 4.98 Å². The average Bonchev–Trinajstić information content (AvgIpc) is 3.04. The number of rotatable bonds is 4. The zero-order chi connectivity index (χ0) is 15.0. The van der Waals surface area contributed by atoms with E-state index in [1.165, 1.54) is 15.8 Å². The second kappa shape index (κ2) is 5.60. The zero-order valence-electron chi connectivity index (χ0n) is 12.2. The van der Waals surface area contributed by atoms with Gasteiger partial charge in [-0.25, -0.2) is 9.78 Å². The van der Waals surface area contributed by atoms with Crippen LogP contribution in [0.25, 0.3) is 10.2 Å². The van der Waals surface area contributed by atoms with Crippen LogP contribution in [0.4, 0.5) is 0 Å². The molecule has 21 heavy (non-hydrogen) atoms. The van der Waals surface area contributed by atoms with Gasteiger partial charge >= 0.3 is 5.97 Å². The summed E-state index contributed by atoms with van der Waals surface area (Å²) in [5, 5.41) is 0.699. The second-order valence-corrected chi connectivity index (χ2v) is 6.42. The van der Waals surface area contributed by atoms with Crippen LogP contribution in [0.3, 0.4) is 0 Å². The van der Waals surface area contributed by atoms with E-state index in [1.54, 1.807) is 18.3 Å². The first-order valence-electron chi connectivity index (χ1n) is 7.31. The van der Waals surface area contributed by atoms with E-state index < -0.39 is 6.04 Å². The van der Waals surface area contributed by atoms with Crippen molar-refractivity contribution in [2.24, 2.45) is 0 Å². The largest absolute Gasteiger partial charge is 0.464 e. The molecule has 0 saturated carbocycles. The van der Waals surface area contributed by atoms with Crippen LogP contribution >= 0.6 is 11.3 Å². The Morgan fingerprint density at radius 2 is 2.33 bits per heavy atom. The summed E-state index contributed by atoms with van der Waals surface area (Å²) in [6.07, 6.45) is 5.30. The number of carbonyl (C=O) groups is 1. The molecule has 0 bridgehead atoms. The van der Waals surface area contributed by atoms with Crippen molar-refractivity contribution in [3.8, 4) is 0 Å². The van der Waals surface area contributed by atoms with E-state index in [9.17, 15) is 9.59 Å². The maximum Gasteiger partial charge on any atom is 0.328 e. The quantitative estimate of drug-likeness (QED) is 0.814. The van der Waals surface area contributed by atoms with Gasteiger partial charge in [0.05, 0.1) is 18.3 Å². The monoisotopic (exact) mass is 306 g/mol. The Hall–Kier alpha value is -1.69. The molecule has 0 N–H and O–H groups in total. The molecule has 1 aliphatic rings. The fourth-order valence-electron chi connectivity index (χ4n) is 2.71. The normalized spacial score (nSPS) is 15.1. The van der Waals surface area contributed by atoms with E-state index in [0.29, 0.717) is 12.0 Å².